The molecule has 0 atom stereocenters. The summed E-state index contributed by atoms with van der Waals surface area (Å²) in [6.07, 6.45) is 0.408. The lowest BCUT2D eigenvalue weighted by Gasteiger charge is -2.11. The fourth-order valence-corrected chi connectivity index (χ4v) is 2.66. The number of aliphatic carboxylic acids is 1. The number of aryl methyl sites for hydroxylation is 2. The first-order chi connectivity index (χ1) is 13.3. The number of carbonyl (C=O) groups excluding carboxylic acids is 1. The molecule has 0 heterocycles. The molecule has 2 N–H and O–H groups in total. The van der Waals surface area contributed by atoms with Crippen LogP contribution in [0.25, 0.3) is 0 Å². The van der Waals surface area contributed by atoms with Crippen LogP contribution in [-0.2, 0) is 4.79 Å². The van der Waals surface area contributed by atoms with Crippen LogP contribution in [0.1, 0.15) is 36.5 Å². The van der Waals surface area contributed by atoms with Gasteiger partial charge in [0.1, 0.15) is 5.75 Å². The number of anilines is 1. The fraction of sp³-hybridized carbons (Fsp3) is 0.286. The van der Waals surface area contributed by atoms with Gasteiger partial charge in [-0.25, -0.2) is 0 Å². The van der Waals surface area contributed by atoms with E-state index < -0.39 is 5.97 Å². The lowest BCUT2D eigenvalue weighted by molar-refractivity contribution is -0.305. The zero-order chi connectivity index (χ0) is 20.5. The normalized spacial score (nSPS) is 11.0. The Balaban J connectivity index is 1.86. The van der Waals surface area contributed by atoms with Gasteiger partial charge in [-0.05, 0) is 87.3 Å². The first-order valence-corrected chi connectivity index (χ1v) is 9.37. The number of hydrogen-bond donors (Lipinski definition) is 2. The van der Waals surface area contributed by atoms with Gasteiger partial charge >= 0.3 is 0 Å². The number of carboxylic acid groups (broad SMARTS) is 1. The molecule has 148 valence electrons. The molecule has 0 unspecified atom stereocenters. The van der Waals surface area contributed by atoms with Gasteiger partial charge in [-0.3, -0.25) is 5.43 Å². The van der Waals surface area contributed by atoms with Crippen molar-refractivity contribution in [2.45, 2.75) is 33.6 Å². The Bertz CT molecular complexity index is 864. The maximum Gasteiger partial charge on any atom is 0.191 e. The maximum absolute atomic E-state index is 10.4. The maximum atomic E-state index is 10.4. The van der Waals surface area contributed by atoms with Gasteiger partial charge in [0, 0.05) is 11.7 Å². The molecular weight excluding hydrogens is 374 g/mol. The van der Waals surface area contributed by atoms with E-state index in [1.54, 1.807) is 0 Å². The van der Waals surface area contributed by atoms with Gasteiger partial charge in [-0.15, -0.1) is 0 Å². The summed E-state index contributed by atoms with van der Waals surface area (Å²) >= 11 is 5.30. The molecule has 0 bridgehead atoms. The van der Waals surface area contributed by atoms with Crippen LogP contribution in [0.5, 0.6) is 5.75 Å². The van der Waals surface area contributed by atoms with Gasteiger partial charge in [0.2, 0.25) is 0 Å². The average molecular weight is 399 g/mol. The highest BCUT2D eigenvalue weighted by atomic mass is 32.1. The van der Waals surface area contributed by atoms with Gasteiger partial charge in [-0.1, -0.05) is 17.7 Å². The number of nitrogens with zero attached hydrogens (tertiary/aromatic N) is 1. The number of benzene rings is 2. The number of carbonyl (C=O) groups is 1. The van der Waals surface area contributed by atoms with Crippen molar-refractivity contribution in [3.05, 3.63) is 59.2 Å². The Morgan fingerprint density at radius 1 is 1.18 bits per heavy atom. The molecule has 2 aromatic rings. The fourth-order valence-electron chi connectivity index (χ4n) is 2.50. The van der Waals surface area contributed by atoms with Gasteiger partial charge in [-0.2, -0.15) is 5.10 Å². The Hall–Kier alpha value is -2.93. The number of nitrogens with one attached hydrogen (secondary N) is 2. The lowest BCUT2D eigenvalue weighted by Crippen LogP contribution is -2.25. The van der Waals surface area contributed by atoms with Gasteiger partial charge in [0.25, 0.3) is 0 Å². The van der Waals surface area contributed by atoms with Crippen LogP contribution in [0.2, 0.25) is 0 Å². The van der Waals surface area contributed by atoms with E-state index in [1.807, 2.05) is 57.2 Å². The molecule has 0 fully saturated rings. The van der Waals surface area contributed by atoms with Crippen molar-refractivity contribution < 1.29 is 14.6 Å². The van der Waals surface area contributed by atoms with Crippen LogP contribution in [0, 0.1) is 13.8 Å². The molecule has 6 nitrogen and oxygen atoms in total. The van der Waals surface area contributed by atoms with Crippen molar-refractivity contribution >= 4 is 34.7 Å². The minimum absolute atomic E-state index is 0.00836. The molecular formula is C21H24N3O3S-. The Kier molecular flexibility index (Phi) is 7.95. The SMILES string of the molecule is C/C(=N/NC(=S)Nc1ccc(C)cc1C)c1ccc(OCCCC(=O)[O-])cc1. The van der Waals surface area contributed by atoms with Crippen molar-refractivity contribution in [1.82, 2.24) is 5.43 Å². The van der Waals surface area contributed by atoms with Crippen molar-refractivity contribution in [3.8, 4) is 5.75 Å². The van der Waals surface area contributed by atoms with Crippen molar-refractivity contribution in [2.24, 2.45) is 5.10 Å². The second-order valence-corrected chi connectivity index (χ2v) is 6.84. The molecule has 0 aliphatic carbocycles. The third-order valence-electron chi connectivity index (χ3n) is 4.02. The van der Waals surface area contributed by atoms with Gasteiger partial charge in [0.15, 0.2) is 5.11 Å². The third kappa shape index (κ3) is 7.00. The number of hydrogen-bond acceptors (Lipinski definition) is 5. The molecule has 0 aliphatic rings. The number of hydrazone groups is 1. The molecule has 7 heteroatoms. The molecule has 0 spiro atoms. The summed E-state index contributed by atoms with van der Waals surface area (Å²) in [6, 6.07) is 13.5. The second kappa shape index (κ2) is 10.4. The van der Waals surface area contributed by atoms with E-state index >= 15 is 0 Å². The summed E-state index contributed by atoms with van der Waals surface area (Å²) in [7, 11) is 0. The summed E-state index contributed by atoms with van der Waals surface area (Å²) in [6.45, 7) is 6.28. The molecule has 2 aromatic carbocycles. The molecule has 0 radical (unpaired) electrons. The minimum atomic E-state index is -1.07. The quantitative estimate of drug-likeness (QED) is 0.308. The van der Waals surface area contributed by atoms with Crippen LogP contribution in [-0.4, -0.2) is 23.4 Å². The predicted octanol–water partition coefficient (Wildman–Crippen LogP) is 2.92. The zero-order valence-corrected chi connectivity index (χ0v) is 17.1. The number of rotatable bonds is 8. The molecule has 0 aromatic heterocycles. The largest absolute Gasteiger partial charge is 0.550 e. The molecule has 0 amide bonds. The summed E-state index contributed by atoms with van der Waals surface area (Å²) in [5.41, 5.74) is 7.79. The number of thiocarbonyl (C=S) groups is 1. The molecule has 0 saturated carbocycles. The smallest absolute Gasteiger partial charge is 0.191 e. The van der Waals surface area contributed by atoms with E-state index in [2.05, 4.69) is 21.9 Å². The van der Waals surface area contributed by atoms with E-state index in [4.69, 9.17) is 17.0 Å². The Morgan fingerprint density at radius 2 is 1.89 bits per heavy atom. The van der Waals surface area contributed by atoms with Gasteiger partial charge < -0.3 is 20.0 Å². The van der Waals surface area contributed by atoms with Crippen LogP contribution >= 0.6 is 12.2 Å². The lowest BCUT2D eigenvalue weighted by atomic mass is 10.1. The van der Waals surface area contributed by atoms with Gasteiger partial charge in [0.05, 0.1) is 12.3 Å². The number of carboxylic acids is 1. The summed E-state index contributed by atoms with van der Waals surface area (Å²) < 4.78 is 5.50. The van der Waals surface area contributed by atoms with E-state index in [1.165, 1.54) is 5.56 Å². The average Bonchev–Trinajstić information content (AvgIpc) is 2.66. The van der Waals surface area contributed by atoms with Crippen molar-refractivity contribution in [2.75, 3.05) is 11.9 Å². The molecule has 2 rings (SSSR count). The van der Waals surface area contributed by atoms with E-state index in [9.17, 15) is 9.90 Å². The number of ether oxygens (including phenoxy) is 1. The second-order valence-electron chi connectivity index (χ2n) is 6.43. The third-order valence-corrected chi connectivity index (χ3v) is 4.21. The zero-order valence-electron chi connectivity index (χ0n) is 16.2. The van der Waals surface area contributed by atoms with Crippen LogP contribution < -0.4 is 20.6 Å². The predicted molar refractivity (Wildman–Crippen MR) is 114 cm³/mol. The van der Waals surface area contributed by atoms with E-state index in [-0.39, 0.29) is 6.42 Å². The minimum Gasteiger partial charge on any atom is -0.550 e. The van der Waals surface area contributed by atoms with Crippen LogP contribution in [0.15, 0.2) is 47.6 Å². The summed E-state index contributed by atoms with van der Waals surface area (Å²) in [5, 5.41) is 18.2. The highest BCUT2D eigenvalue weighted by Crippen LogP contribution is 2.16. The topological polar surface area (TPSA) is 85.8 Å². The first-order valence-electron chi connectivity index (χ1n) is 8.97. The Morgan fingerprint density at radius 3 is 2.54 bits per heavy atom. The molecule has 0 saturated heterocycles. The van der Waals surface area contributed by atoms with E-state index in [0.717, 1.165) is 22.5 Å². The van der Waals surface area contributed by atoms with E-state index in [0.29, 0.717) is 23.9 Å². The van der Waals surface area contributed by atoms with Crippen LogP contribution in [0.4, 0.5) is 5.69 Å². The first kappa shape index (κ1) is 21.4. The summed E-state index contributed by atoms with van der Waals surface area (Å²) in [5.74, 6) is -0.391. The molecule has 28 heavy (non-hydrogen) atoms. The Labute approximate surface area is 170 Å². The molecule has 0 aliphatic heterocycles. The highest BCUT2D eigenvalue weighted by molar-refractivity contribution is 7.80. The highest BCUT2D eigenvalue weighted by Gasteiger charge is 2.03. The summed E-state index contributed by atoms with van der Waals surface area (Å²) in [4.78, 5) is 10.4. The standard InChI is InChI=1S/C21H25N3O3S/c1-14-6-11-19(15(2)13-14)22-21(28)24-23-16(3)17-7-9-18(10-8-17)27-12-4-5-20(25)26/h6-11,13H,4-5,12H2,1-3H3,(H,25,26)(H2,22,24,28)/p-1/b23-16-. The van der Waals surface area contributed by atoms with Crippen molar-refractivity contribution in [3.63, 3.8) is 0 Å². The van der Waals surface area contributed by atoms with Crippen LogP contribution in [0.3, 0.4) is 0 Å². The monoisotopic (exact) mass is 398 g/mol. The van der Waals surface area contributed by atoms with Crippen molar-refractivity contribution in [1.29, 1.82) is 0 Å².